The van der Waals surface area contributed by atoms with Gasteiger partial charge in [0.1, 0.15) is 5.82 Å². The number of carbonyl (C=O) groups is 1. The average molecular weight is 317 g/mol. The summed E-state index contributed by atoms with van der Waals surface area (Å²) in [4.78, 5) is 19.0. The summed E-state index contributed by atoms with van der Waals surface area (Å²) in [6.45, 7) is 4.21. The number of aromatic nitrogens is 4. The van der Waals surface area contributed by atoms with Gasteiger partial charge in [0.2, 0.25) is 5.91 Å². The van der Waals surface area contributed by atoms with Gasteiger partial charge in [0.15, 0.2) is 0 Å². The number of hydrogen-bond donors (Lipinski definition) is 0. The molecule has 0 bridgehead atoms. The predicted octanol–water partition coefficient (Wildman–Crippen LogP) is 0.951. The van der Waals surface area contributed by atoms with Crippen molar-refractivity contribution in [3.8, 4) is 0 Å². The summed E-state index contributed by atoms with van der Waals surface area (Å²) in [5.74, 6) is 1.06. The monoisotopic (exact) mass is 317 g/mol. The molecule has 0 aromatic carbocycles. The van der Waals surface area contributed by atoms with Crippen LogP contribution in [0.15, 0.2) is 18.5 Å². The summed E-state index contributed by atoms with van der Waals surface area (Å²) >= 11 is 0. The van der Waals surface area contributed by atoms with Crippen LogP contribution in [0.4, 0.5) is 0 Å². The smallest absolute Gasteiger partial charge is 0.229 e. The molecular weight excluding hydrogens is 294 g/mol. The van der Waals surface area contributed by atoms with Crippen LogP contribution in [-0.4, -0.2) is 50.4 Å². The van der Waals surface area contributed by atoms with Crippen molar-refractivity contribution in [1.82, 2.24) is 24.2 Å². The van der Waals surface area contributed by atoms with Gasteiger partial charge in [0, 0.05) is 51.8 Å². The van der Waals surface area contributed by atoms with Crippen LogP contribution in [-0.2, 0) is 36.0 Å². The molecule has 0 spiro atoms. The maximum atomic E-state index is 12.6. The lowest BCUT2D eigenvalue weighted by atomic mass is 10.1. The Labute approximate surface area is 135 Å². The molecule has 0 radical (unpaired) electrons. The molecular formula is C16H23N5O2. The molecule has 0 saturated heterocycles. The SMILES string of the molecule is COCCc1cnc2n1CCN(C(=O)Cc1ccn(C)n1)[C@H]2C. The summed E-state index contributed by atoms with van der Waals surface area (Å²) < 4.78 is 9.08. The van der Waals surface area contributed by atoms with Crippen LogP contribution in [0.3, 0.4) is 0 Å². The van der Waals surface area contributed by atoms with Crippen LogP contribution in [0.25, 0.3) is 0 Å². The fourth-order valence-corrected chi connectivity index (χ4v) is 3.12. The molecule has 0 fully saturated rings. The highest BCUT2D eigenvalue weighted by atomic mass is 16.5. The van der Waals surface area contributed by atoms with Crippen LogP contribution in [0.2, 0.25) is 0 Å². The van der Waals surface area contributed by atoms with Crippen LogP contribution >= 0.6 is 0 Å². The van der Waals surface area contributed by atoms with E-state index in [2.05, 4.69) is 14.6 Å². The molecule has 0 unspecified atom stereocenters. The molecule has 2 aromatic rings. The van der Waals surface area contributed by atoms with Crippen LogP contribution < -0.4 is 0 Å². The van der Waals surface area contributed by atoms with E-state index >= 15 is 0 Å². The highest BCUT2D eigenvalue weighted by Gasteiger charge is 2.30. The van der Waals surface area contributed by atoms with Crippen LogP contribution in [0, 0.1) is 0 Å². The lowest BCUT2D eigenvalue weighted by molar-refractivity contribution is -0.133. The second kappa shape index (κ2) is 6.54. The molecule has 1 amide bonds. The lowest BCUT2D eigenvalue weighted by Crippen LogP contribution is -2.42. The Balaban J connectivity index is 1.71. The van der Waals surface area contributed by atoms with E-state index in [9.17, 15) is 4.79 Å². The lowest BCUT2D eigenvalue weighted by Gasteiger charge is -2.34. The van der Waals surface area contributed by atoms with Crippen molar-refractivity contribution < 1.29 is 9.53 Å². The maximum absolute atomic E-state index is 12.6. The van der Waals surface area contributed by atoms with E-state index in [1.165, 1.54) is 5.69 Å². The average Bonchev–Trinajstić information content (AvgIpc) is 3.12. The molecule has 1 atom stereocenters. The number of rotatable bonds is 5. The van der Waals surface area contributed by atoms with E-state index in [-0.39, 0.29) is 11.9 Å². The van der Waals surface area contributed by atoms with Crippen molar-refractivity contribution >= 4 is 5.91 Å². The van der Waals surface area contributed by atoms with Gasteiger partial charge in [-0.2, -0.15) is 5.10 Å². The third-order valence-corrected chi connectivity index (χ3v) is 4.36. The van der Waals surface area contributed by atoms with E-state index in [0.717, 1.165) is 24.5 Å². The number of carbonyl (C=O) groups excluding carboxylic acids is 1. The molecule has 0 aliphatic carbocycles. The largest absolute Gasteiger partial charge is 0.384 e. The minimum Gasteiger partial charge on any atom is -0.384 e. The zero-order valence-electron chi connectivity index (χ0n) is 13.9. The van der Waals surface area contributed by atoms with E-state index in [1.54, 1.807) is 11.8 Å². The minimum absolute atomic E-state index is 0.0174. The summed E-state index contributed by atoms with van der Waals surface area (Å²) in [5, 5.41) is 4.29. The number of imidazole rings is 1. The van der Waals surface area contributed by atoms with Crippen molar-refractivity contribution in [2.45, 2.75) is 32.4 Å². The quantitative estimate of drug-likeness (QED) is 0.823. The molecule has 1 aliphatic rings. The zero-order chi connectivity index (χ0) is 16.4. The van der Waals surface area contributed by atoms with Crippen molar-refractivity contribution in [3.63, 3.8) is 0 Å². The van der Waals surface area contributed by atoms with Crippen LogP contribution in [0.5, 0.6) is 0 Å². The summed E-state index contributed by atoms with van der Waals surface area (Å²) in [5.41, 5.74) is 1.98. The molecule has 2 aromatic heterocycles. The van der Waals surface area contributed by atoms with Gasteiger partial charge in [-0.25, -0.2) is 4.98 Å². The summed E-state index contributed by atoms with van der Waals surface area (Å²) in [7, 11) is 3.56. The molecule has 1 aliphatic heterocycles. The van der Waals surface area contributed by atoms with Crippen molar-refractivity contribution in [2.24, 2.45) is 7.05 Å². The van der Waals surface area contributed by atoms with E-state index in [1.807, 2.05) is 37.3 Å². The first-order valence-corrected chi connectivity index (χ1v) is 7.91. The summed E-state index contributed by atoms with van der Waals surface area (Å²) in [6, 6.07) is 1.87. The molecule has 23 heavy (non-hydrogen) atoms. The fourth-order valence-electron chi connectivity index (χ4n) is 3.12. The molecule has 0 N–H and O–H groups in total. The molecule has 124 valence electrons. The minimum atomic E-state index is -0.0174. The third kappa shape index (κ3) is 3.14. The Morgan fingerprint density at radius 3 is 2.96 bits per heavy atom. The molecule has 0 saturated carbocycles. The van der Waals surface area contributed by atoms with Gasteiger partial charge in [0.05, 0.1) is 24.8 Å². The first kappa shape index (κ1) is 15.7. The second-order valence-corrected chi connectivity index (χ2v) is 5.92. The zero-order valence-corrected chi connectivity index (χ0v) is 13.9. The van der Waals surface area contributed by atoms with E-state index < -0.39 is 0 Å². The van der Waals surface area contributed by atoms with Crippen LogP contribution in [0.1, 0.15) is 30.2 Å². The highest BCUT2D eigenvalue weighted by molar-refractivity contribution is 5.78. The molecule has 3 rings (SSSR count). The summed E-state index contributed by atoms with van der Waals surface area (Å²) in [6.07, 6.45) is 4.94. The van der Waals surface area contributed by atoms with Gasteiger partial charge in [-0.15, -0.1) is 0 Å². The van der Waals surface area contributed by atoms with Gasteiger partial charge in [-0.1, -0.05) is 0 Å². The first-order valence-electron chi connectivity index (χ1n) is 7.91. The van der Waals surface area contributed by atoms with Crippen molar-refractivity contribution in [3.05, 3.63) is 35.7 Å². The number of nitrogens with zero attached hydrogens (tertiary/aromatic N) is 5. The fraction of sp³-hybridized carbons (Fsp3) is 0.562. The third-order valence-electron chi connectivity index (χ3n) is 4.36. The Morgan fingerprint density at radius 2 is 2.26 bits per heavy atom. The van der Waals surface area contributed by atoms with Crippen molar-refractivity contribution in [1.29, 1.82) is 0 Å². The highest BCUT2D eigenvalue weighted by Crippen LogP contribution is 2.26. The number of methoxy groups -OCH3 is 1. The Hall–Kier alpha value is -2.15. The van der Waals surface area contributed by atoms with Crippen molar-refractivity contribution in [2.75, 3.05) is 20.3 Å². The molecule has 7 heteroatoms. The number of hydrogen-bond acceptors (Lipinski definition) is 4. The van der Waals surface area contributed by atoms with E-state index in [0.29, 0.717) is 19.6 Å². The number of fused-ring (bicyclic) bond motifs is 1. The number of aryl methyl sites for hydroxylation is 1. The Kier molecular flexibility index (Phi) is 4.47. The standard InChI is InChI=1S/C16H23N5O2/c1-12-16-17-11-14(5-9-23-3)21(16)8-7-20(12)15(22)10-13-4-6-19(2)18-13/h4,6,11-12H,5,7-10H2,1-3H3/t12-/m0/s1. The Bertz CT molecular complexity index is 690. The van der Waals surface area contributed by atoms with Gasteiger partial charge >= 0.3 is 0 Å². The Morgan fingerprint density at radius 1 is 1.43 bits per heavy atom. The van der Waals surface area contributed by atoms with Gasteiger partial charge in [-0.05, 0) is 13.0 Å². The predicted molar refractivity (Wildman–Crippen MR) is 84.8 cm³/mol. The number of amides is 1. The van der Waals surface area contributed by atoms with E-state index in [4.69, 9.17) is 4.74 Å². The topological polar surface area (TPSA) is 65.2 Å². The molecule has 3 heterocycles. The first-order chi connectivity index (χ1) is 11.1. The second-order valence-electron chi connectivity index (χ2n) is 5.92. The molecule has 7 nitrogen and oxygen atoms in total. The normalized spacial score (nSPS) is 17.3. The maximum Gasteiger partial charge on any atom is 0.229 e. The number of ether oxygens (including phenoxy) is 1. The van der Waals surface area contributed by atoms with Gasteiger partial charge in [0.25, 0.3) is 0 Å². The van der Waals surface area contributed by atoms with Gasteiger partial charge in [-0.3, -0.25) is 9.48 Å². The van der Waals surface area contributed by atoms with Gasteiger partial charge < -0.3 is 14.2 Å².